The molecule has 0 radical (unpaired) electrons. The Morgan fingerprint density at radius 2 is 1.74 bits per heavy atom. The molecule has 0 bridgehead atoms. The summed E-state index contributed by atoms with van der Waals surface area (Å²) >= 11 is 2.22. The van der Waals surface area contributed by atoms with Gasteiger partial charge in [0, 0.05) is 14.7 Å². The first-order valence-corrected chi connectivity index (χ1v) is 7.66. The fourth-order valence-electron chi connectivity index (χ4n) is 2.15. The molecule has 0 aromatic heterocycles. The molecule has 0 saturated carbocycles. The Hall–Kier alpha value is -1.16. The van der Waals surface area contributed by atoms with Crippen LogP contribution < -0.4 is 0 Å². The van der Waals surface area contributed by atoms with Gasteiger partial charge in [-0.1, -0.05) is 38.1 Å². The third-order valence-corrected chi connectivity index (χ3v) is 4.27. The highest BCUT2D eigenvalue weighted by Crippen LogP contribution is 2.21. The Kier molecular flexibility index (Phi) is 4.75. The Morgan fingerprint density at radius 1 is 1.00 bits per heavy atom. The van der Waals surface area contributed by atoms with Gasteiger partial charge < -0.3 is 0 Å². The topological polar surface area (TPSA) is 17.1 Å². The quantitative estimate of drug-likeness (QED) is 0.570. The van der Waals surface area contributed by atoms with E-state index < -0.39 is 0 Å². The average molecular weight is 364 g/mol. The zero-order chi connectivity index (χ0) is 13.8. The van der Waals surface area contributed by atoms with Crippen LogP contribution in [0.4, 0.5) is 0 Å². The lowest BCUT2D eigenvalue weighted by Crippen LogP contribution is -2.07. The normalized spacial score (nSPS) is 10.5. The van der Waals surface area contributed by atoms with Gasteiger partial charge in [0.15, 0.2) is 5.78 Å². The number of hydrogen-bond acceptors (Lipinski definition) is 1. The van der Waals surface area contributed by atoms with Gasteiger partial charge >= 0.3 is 0 Å². The predicted octanol–water partition coefficient (Wildman–Crippen LogP) is 4.65. The van der Waals surface area contributed by atoms with Gasteiger partial charge in [0.05, 0.1) is 0 Å². The van der Waals surface area contributed by atoms with E-state index in [2.05, 4.69) is 48.6 Å². The summed E-state index contributed by atoms with van der Waals surface area (Å²) in [5.41, 5.74) is 3.99. The van der Waals surface area contributed by atoms with Crippen LogP contribution in [0.5, 0.6) is 0 Å². The predicted molar refractivity (Wildman–Crippen MR) is 87.8 cm³/mol. The van der Waals surface area contributed by atoms with Crippen LogP contribution >= 0.6 is 22.6 Å². The van der Waals surface area contributed by atoms with Gasteiger partial charge in [0.25, 0.3) is 0 Å². The van der Waals surface area contributed by atoms with Gasteiger partial charge in [-0.3, -0.25) is 4.79 Å². The molecule has 0 heterocycles. The van der Waals surface area contributed by atoms with Crippen LogP contribution in [-0.4, -0.2) is 5.78 Å². The van der Waals surface area contributed by atoms with E-state index in [9.17, 15) is 4.79 Å². The molecule has 2 heteroatoms. The molecule has 0 unspecified atom stereocenters. The fourth-order valence-corrected chi connectivity index (χ4v) is 2.79. The first-order valence-electron chi connectivity index (χ1n) is 6.58. The van der Waals surface area contributed by atoms with Gasteiger partial charge in [0.2, 0.25) is 0 Å². The first kappa shape index (κ1) is 14.3. The SMILES string of the molecule is CCc1ccc(CC)c(C(=O)c2ccccc2I)c1. The maximum Gasteiger partial charge on any atom is 0.194 e. The minimum atomic E-state index is 0.136. The smallest absolute Gasteiger partial charge is 0.194 e. The van der Waals surface area contributed by atoms with Crippen molar-refractivity contribution in [1.29, 1.82) is 0 Å². The van der Waals surface area contributed by atoms with E-state index in [1.807, 2.05) is 30.3 Å². The van der Waals surface area contributed by atoms with Gasteiger partial charge in [-0.2, -0.15) is 0 Å². The van der Waals surface area contributed by atoms with Crippen molar-refractivity contribution in [3.8, 4) is 0 Å². The molecule has 2 aromatic rings. The number of rotatable bonds is 4. The van der Waals surface area contributed by atoms with Gasteiger partial charge in [-0.05, 0) is 64.8 Å². The van der Waals surface area contributed by atoms with Crippen molar-refractivity contribution < 1.29 is 4.79 Å². The molecular formula is C17H17IO. The van der Waals surface area contributed by atoms with Gasteiger partial charge in [-0.25, -0.2) is 0 Å². The van der Waals surface area contributed by atoms with E-state index >= 15 is 0 Å². The van der Waals surface area contributed by atoms with Crippen molar-refractivity contribution >= 4 is 28.4 Å². The number of halogens is 1. The minimum absolute atomic E-state index is 0.136. The fraction of sp³-hybridized carbons (Fsp3) is 0.235. The summed E-state index contributed by atoms with van der Waals surface area (Å²) in [4.78, 5) is 12.7. The molecule has 98 valence electrons. The van der Waals surface area contributed by atoms with Crippen molar-refractivity contribution in [3.05, 3.63) is 68.3 Å². The lowest BCUT2D eigenvalue weighted by atomic mass is 9.94. The summed E-state index contributed by atoms with van der Waals surface area (Å²) in [5, 5.41) is 0. The van der Waals surface area contributed by atoms with Crippen molar-refractivity contribution in [2.24, 2.45) is 0 Å². The molecule has 0 amide bonds. The Balaban J connectivity index is 2.51. The van der Waals surface area contributed by atoms with E-state index in [1.165, 1.54) is 5.56 Å². The maximum atomic E-state index is 12.7. The highest BCUT2D eigenvalue weighted by molar-refractivity contribution is 14.1. The van der Waals surface area contributed by atoms with Crippen LogP contribution in [-0.2, 0) is 12.8 Å². The van der Waals surface area contributed by atoms with Gasteiger partial charge in [-0.15, -0.1) is 0 Å². The van der Waals surface area contributed by atoms with Crippen LogP contribution in [0.1, 0.15) is 40.9 Å². The highest BCUT2D eigenvalue weighted by atomic mass is 127. The third-order valence-electron chi connectivity index (χ3n) is 3.33. The van der Waals surface area contributed by atoms with Crippen molar-refractivity contribution in [1.82, 2.24) is 0 Å². The molecule has 0 spiro atoms. The lowest BCUT2D eigenvalue weighted by Gasteiger charge is -2.10. The molecule has 0 atom stereocenters. The molecule has 0 aliphatic rings. The Morgan fingerprint density at radius 3 is 2.37 bits per heavy atom. The van der Waals surface area contributed by atoms with Gasteiger partial charge in [0.1, 0.15) is 0 Å². The molecule has 0 aliphatic carbocycles. The lowest BCUT2D eigenvalue weighted by molar-refractivity contribution is 0.103. The van der Waals surface area contributed by atoms with Crippen molar-refractivity contribution in [2.75, 3.05) is 0 Å². The molecule has 0 saturated heterocycles. The van der Waals surface area contributed by atoms with E-state index in [0.717, 1.165) is 33.1 Å². The Labute approximate surface area is 128 Å². The van der Waals surface area contributed by atoms with Crippen LogP contribution in [0.2, 0.25) is 0 Å². The summed E-state index contributed by atoms with van der Waals surface area (Å²) in [5.74, 6) is 0.136. The van der Waals surface area contributed by atoms with E-state index in [0.29, 0.717) is 0 Å². The summed E-state index contributed by atoms with van der Waals surface area (Å²) < 4.78 is 1.01. The number of carbonyl (C=O) groups excluding carboxylic acids is 1. The standard InChI is InChI=1S/C17H17IO/c1-3-12-9-10-13(4-2)15(11-12)17(19)14-7-5-6-8-16(14)18/h5-11H,3-4H2,1-2H3. The first-order chi connectivity index (χ1) is 9.17. The second-order valence-corrected chi connectivity index (χ2v) is 5.67. The monoisotopic (exact) mass is 364 g/mol. The maximum absolute atomic E-state index is 12.7. The van der Waals surface area contributed by atoms with Crippen LogP contribution in [0, 0.1) is 3.57 Å². The number of hydrogen-bond donors (Lipinski definition) is 0. The van der Waals surface area contributed by atoms with Crippen LogP contribution in [0.25, 0.3) is 0 Å². The number of carbonyl (C=O) groups is 1. The molecule has 2 rings (SSSR count). The van der Waals surface area contributed by atoms with E-state index in [1.54, 1.807) is 0 Å². The molecule has 0 fully saturated rings. The minimum Gasteiger partial charge on any atom is -0.289 e. The molecule has 1 nitrogen and oxygen atoms in total. The van der Waals surface area contributed by atoms with Crippen molar-refractivity contribution in [3.63, 3.8) is 0 Å². The Bertz CT molecular complexity index is 602. The number of aryl methyl sites for hydroxylation is 2. The zero-order valence-electron chi connectivity index (χ0n) is 11.2. The van der Waals surface area contributed by atoms with E-state index in [-0.39, 0.29) is 5.78 Å². The van der Waals surface area contributed by atoms with Crippen LogP contribution in [0.3, 0.4) is 0 Å². The summed E-state index contributed by atoms with van der Waals surface area (Å²) in [7, 11) is 0. The summed E-state index contributed by atoms with van der Waals surface area (Å²) in [6.07, 6.45) is 1.84. The second-order valence-electron chi connectivity index (χ2n) is 4.51. The third kappa shape index (κ3) is 3.06. The molecule has 19 heavy (non-hydrogen) atoms. The second kappa shape index (κ2) is 6.33. The number of benzene rings is 2. The molecule has 0 aliphatic heterocycles. The zero-order valence-corrected chi connectivity index (χ0v) is 13.4. The number of ketones is 1. The van der Waals surface area contributed by atoms with E-state index in [4.69, 9.17) is 0 Å². The average Bonchev–Trinajstić information content (AvgIpc) is 2.46. The highest BCUT2D eigenvalue weighted by Gasteiger charge is 2.15. The summed E-state index contributed by atoms with van der Waals surface area (Å²) in [6, 6.07) is 14.0. The summed E-state index contributed by atoms with van der Waals surface area (Å²) in [6.45, 7) is 4.20. The molecular weight excluding hydrogens is 347 g/mol. The van der Waals surface area contributed by atoms with Crippen LogP contribution in [0.15, 0.2) is 42.5 Å². The van der Waals surface area contributed by atoms with Crippen molar-refractivity contribution in [2.45, 2.75) is 26.7 Å². The largest absolute Gasteiger partial charge is 0.289 e. The molecule has 2 aromatic carbocycles. The molecule has 0 N–H and O–H groups in total.